The van der Waals surface area contributed by atoms with Crippen molar-refractivity contribution in [2.45, 2.75) is 58.4 Å². The Morgan fingerprint density at radius 3 is 2.44 bits per heavy atom. The summed E-state index contributed by atoms with van der Waals surface area (Å²) in [6.07, 6.45) is 7.72. The number of aryl methyl sites for hydroxylation is 2. The fraction of sp³-hybridized carbons (Fsp3) is 0.643. The van der Waals surface area contributed by atoms with E-state index in [9.17, 15) is 0 Å². The summed E-state index contributed by atoms with van der Waals surface area (Å²) in [5, 5.41) is 0. The van der Waals surface area contributed by atoms with Crippen LogP contribution in [0.2, 0.25) is 0 Å². The Hall–Kier alpha value is -0.870. The lowest BCUT2D eigenvalue weighted by atomic mass is 10.1. The molecule has 3 nitrogen and oxygen atoms in total. The molecule has 100 valence electrons. The van der Waals surface area contributed by atoms with Gasteiger partial charge in [0, 0.05) is 4.88 Å². The van der Waals surface area contributed by atoms with Crippen molar-refractivity contribution in [1.82, 2.24) is 5.43 Å². The highest BCUT2D eigenvalue weighted by Gasteiger charge is 2.14. The quantitative estimate of drug-likeness (QED) is 0.283. The van der Waals surface area contributed by atoms with E-state index in [4.69, 9.17) is 10.8 Å². The molecule has 0 atom stereocenters. The molecule has 1 aliphatic carbocycles. The van der Waals surface area contributed by atoms with Gasteiger partial charge in [0.2, 0.25) is 0 Å². The van der Waals surface area contributed by atoms with Gasteiger partial charge in [0.25, 0.3) is 0 Å². The van der Waals surface area contributed by atoms with Crippen LogP contribution < -0.4 is 11.3 Å². The summed E-state index contributed by atoms with van der Waals surface area (Å²) in [7, 11) is 0. The standard InChI is InChI=1S/C14H23N3S/c1-10-9-13(18-11(10)2)14(17-15)16-12-7-5-3-4-6-8-12/h9,12H,3-8,15H2,1-2H3,(H,16,17). The molecule has 0 amide bonds. The van der Waals surface area contributed by atoms with E-state index in [1.165, 1.54) is 49.0 Å². The molecule has 1 fully saturated rings. The lowest BCUT2D eigenvalue weighted by Crippen LogP contribution is -2.31. The van der Waals surface area contributed by atoms with Crippen LogP contribution >= 0.6 is 11.3 Å². The fourth-order valence-electron chi connectivity index (χ4n) is 2.43. The number of nitrogens with zero attached hydrogens (tertiary/aromatic N) is 1. The van der Waals surface area contributed by atoms with Crippen LogP contribution in [0, 0.1) is 13.8 Å². The summed E-state index contributed by atoms with van der Waals surface area (Å²) in [6.45, 7) is 4.28. The Balaban J connectivity index is 2.15. The zero-order valence-electron chi connectivity index (χ0n) is 11.3. The van der Waals surface area contributed by atoms with Gasteiger partial charge in [0.05, 0.1) is 10.9 Å². The molecule has 1 saturated carbocycles. The van der Waals surface area contributed by atoms with Gasteiger partial charge < -0.3 is 5.43 Å². The number of nitrogens with two attached hydrogens (primary N) is 1. The second kappa shape index (κ2) is 6.34. The smallest absolute Gasteiger partial charge is 0.153 e. The molecule has 0 saturated heterocycles. The first kappa shape index (κ1) is 13.6. The van der Waals surface area contributed by atoms with Crippen molar-refractivity contribution in [3.8, 4) is 0 Å². The van der Waals surface area contributed by atoms with Gasteiger partial charge >= 0.3 is 0 Å². The third-order valence-corrected chi connectivity index (χ3v) is 4.83. The minimum Gasteiger partial charge on any atom is -0.308 e. The van der Waals surface area contributed by atoms with Crippen molar-refractivity contribution in [3.63, 3.8) is 0 Å². The maximum Gasteiger partial charge on any atom is 0.153 e. The maximum atomic E-state index is 5.65. The Kier molecular flexibility index (Phi) is 4.78. The average molecular weight is 265 g/mol. The van der Waals surface area contributed by atoms with Gasteiger partial charge in [-0.2, -0.15) is 0 Å². The van der Waals surface area contributed by atoms with Crippen molar-refractivity contribution in [3.05, 3.63) is 21.4 Å². The summed E-state index contributed by atoms with van der Waals surface area (Å²) in [6, 6.07) is 2.62. The predicted molar refractivity (Wildman–Crippen MR) is 79.1 cm³/mol. The number of aliphatic imine (C=N–C) groups is 1. The lowest BCUT2D eigenvalue weighted by Gasteiger charge is -2.11. The van der Waals surface area contributed by atoms with E-state index in [2.05, 4.69) is 25.3 Å². The SMILES string of the molecule is Cc1cc(C(=NC2CCCCCC2)NN)sc1C. The van der Waals surface area contributed by atoms with Gasteiger partial charge in [-0.05, 0) is 38.3 Å². The molecule has 0 aromatic carbocycles. The largest absolute Gasteiger partial charge is 0.308 e. The first-order valence-electron chi connectivity index (χ1n) is 6.82. The van der Waals surface area contributed by atoms with E-state index in [0.717, 1.165) is 10.7 Å². The van der Waals surface area contributed by atoms with Crippen molar-refractivity contribution in [2.75, 3.05) is 0 Å². The number of rotatable bonds is 2. The van der Waals surface area contributed by atoms with Crippen molar-refractivity contribution >= 4 is 17.2 Å². The highest BCUT2D eigenvalue weighted by molar-refractivity contribution is 7.14. The van der Waals surface area contributed by atoms with Gasteiger partial charge in [0.15, 0.2) is 5.84 Å². The van der Waals surface area contributed by atoms with Crippen LogP contribution in [0.1, 0.15) is 53.8 Å². The molecule has 1 aromatic rings. The average Bonchev–Trinajstić information content (AvgIpc) is 2.59. The minimum atomic E-state index is 0.446. The van der Waals surface area contributed by atoms with E-state index in [1.54, 1.807) is 11.3 Å². The van der Waals surface area contributed by atoms with Gasteiger partial charge in [-0.25, -0.2) is 5.84 Å². The van der Waals surface area contributed by atoms with Crippen molar-refractivity contribution < 1.29 is 0 Å². The van der Waals surface area contributed by atoms with Crippen LogP contribution in [0.3, 0.4) is 0 Å². The number of hydrogen-bond donors (Lipinski definition) is 2. The number of hydrogen-bond acceptors (Lipinski definition) is 3. The van der Waals surface area contributed by atoms with Gasteiger partial charge in [0.1, 0.15) is 0 Å². The summed E-state index contributed by atoms with van der Waals surface area (Å²) >= 11 is 1.77. The zero-order valence-corrected chi connectivity index (χ0v) is 12.1. The number of hydrazine groups is 1. The van der Waals surface area contributed by atoms with Gasteiger partial charge in [-0.1, -0.05) is 25.7 Å². The number of amidine groups is 1. The summed E-state index contributed by atoms with van der Waals surface area (Å²) in [4.78, 5) is 7.33. The third kappa shape index (κ3) is 3.33. The molecule has 0 aliphatic heterocycles. The van der Waals surface area contributed by atoms with E-state index < -0.39 is 0 Å². The van der Waals surface area contributed by atoms with Crippen LogP contribution in [-0.2, 0) is 0 Å². The van der Waals surface area contributed by atoms with E-state index >= 15 is 0 Å². The zero-order chi connectivity index (χ0) is 13.0. The number of thiophene rings is 1. The first-order chi connectivity index (χ1) is 8.70. The van der Waals surface area contributed by atoms with E-state index in [0.29, 0.717) is 6.04 Å². The molecule has 4 heteroatoms. The normalized spacial score (nSPS) is 18.7. The lowest BCUT2D eigenvalue weighted by molar-refractivity contribution is 0.583. The topological polar surface area (TPSA) is 50.4 Å². The Labute approximate surface area is 113 Å². The molecular formula is C14H23N3S. The Morgan fingerprint density at radius 1 is 1.28 bits per heavy atom. The van der Waals surface area contributed by atoms with Crippen LogP contribution in [0.15, 0.2) is 11.1 Å². The second-order valence-corrected chi connectivity index (χ2v) is 6.37. The maximum absolute atomic E-state index is 5.65. The summed E-state index contributed by atoms with van der Waals surface area (Å²) in [5.74, 6) is 6.51. The highest BCUT2D eigenvalue weighted by atomic mass is 32.1. The molecule has 0 radical (unpaired) electrons. The minimum absolute atomic E-state index is 0.446. The Morgan fingerprint density at radius 2 is 1.94 bits per heavy atom. The van der Waals surface area contributed by atoms with Gasteiger partial charge in [-0.3, -0.25) is 4.99 Å². The molecule has 1 aliphatic rings. The van der Waals surface area contributed by atoms with E-state index in [-0.39, 0.29) is 0 Å². The molecule has 0 spiro atoms. The van der Waals surface area contributed by atoms with Crippen LogP contribution in [-0.4, -0.2) is 11.9 Å². The molecule has 2 rings (SSSR count). The fourth-order valence-corrected chi connectivity index (χ4v) is 3.43. The molecule has 0 bridgehead atoms. The molecule has 18 heavy (non-hydrogen) atoms. The summed E-state index contributed by atoms with van der Waals surface area (Å²) in [5.41, 5.74) is 4.11. The van der Waals surface area contributed by atoms with Crippen LogP contribution in [0.5, 0.6) is 0 Å². The van der Waals surface area contributed by atoms with Gasteiger partial charge in [-0.15, -0.1) is 11.3 Å². The third-order valence-electron chi connectivity index (χ3n) is 3.67. The second-order valence-electron chi connectivity index (χ2n) is 5.12. The molecule has 0 unspecified atom stereocenters. The molecule has 1 heterocycles. The highest BCUT2D eigenvalue weighted by Crippen LogP contribution is 2.23. The van der Waals surface area contributed by atoms with Crippen molar-refractivity contribution in [1.29, 1.82) is 0 Å². The van der Waals surface area contributed by atoms with Crippen molar-refractivity contribution in [2.24, 2.45) is 10.8 Å². The molecule has 3 N–H and O–H groups in total. The Bertz CT molecular complexity index is 395. The number of nitrogens with one attached hydrogen (secondary N) is 1. The molecular weight excluding hydrogens is 242 g/mol. The summed E-state index contributed by atoms with van der Waals surface area (Å²) < 4.78 is 0. The first-order valence-corrected chi connectivity index (χ1v) is 7.64. The van der Waals surface area contributed by atoms with E-state index in [1.807, 2.05) is 0 Å². The van der Waals surface area contributed by atoms with Crippen LogP contribution in [0.25, 0.3) is 0 Å². The van der Waals surface area contributed by atoms with Crippen LogP contribution in [0.4, 0.5) is 0 Å². The monoisotopic (exact) mass is 265 g/mol. The molecule has 1 aromatic heterocycles. The predicted octanol–water partition coefficient (Wildman–Crippen LogP) is 3.30.